The molecule has 26 heavy (non-hydrogen) atoms. The summed E-state index contributed by atoms with van der Waals surface area (Å²) < 4.78 is 16.6. The Morgan fingerprint density at radius 3 is 2.73 bits per heavy atom. The SMILES string of the molecule is O=C(CCn1ccc(C(=O)O)n1)Nc1cnn(Cc2ccccc2F)c1. The van der Waals surface area contributed by atoms with Crippen LogP contribution in [0.15, 0.2) is 48.9 Å². The number of carboxylic acid groups (broad SMARTS) is 1. The number of nitrogens with zero attached hydrogens (tertiary/aromatic N) is 4. The van der Waals surface area contributed by atoms with Crippen LogP contribution in [0.5, 0.6) is 0 Å². The molecule has 2 aromatic heterocycles. The van der Waals surface area contributed by atoms with Crippen molar-refractivity contribution in [3.05, 3.63) is 66.0 Å². The van der Waals surface area contributed by atoms with Gasteiger partial charge in [0.25, 0.3) is 0 Å². The third-order valence-electron chi connectivity index (χ3n) is 3.63. The number of aromatic carboxylic acids is 1. The Labute approximate surface area is 147 Å². The molecule has 134 valence electrons. The van der Waals surface area contributed by atoms with E-state index in [4.69, 9.17) is 5.11 Å². The second-order valence-electron chi connectivity index (χ2n) is 5.59. The van der Waals surface area contributed by atoms with Gasteiger partial charge in [-0.3, -0.25) is 14.2 Å². The quantitative estimate of drug-likeness (QED) is 0.673. The lowest BCUT2D eigenvalue weighted by molar-refractivity contribution is -0.116. The molecule has 0 aliphatic carbocycles. The van der Waals surface area contributed by atoms with Crippen molar-refractivity contribution in [2.75, 3.05) is 5.32 Å². The predicted molar refractivity (Wildman–Crippen MR) is 90.2 cm³/mol. The van der Waals surface area contributed by atoms with Crippen LogP contribution in [0, 0.1) is 5.82 Å². The normalized spacial score (nSPS) is 10.7. The minimum atomic E-state index is -1.12. The summed E-state index contributed by atoms with van der Waals surface area (Å²) in [5, 5.41) is 19.4. The first kappa shape index (κ1) is 17.3. The number of anilines is 1. The zero-order chi connectivity index (χ0) is 18.5. The second-order valence-corrected chi connectivity index (χ2v) is 5.59. The average molecular weight is 357 g/mol. The van der Waals surface area contributed by atoms with Crippen molar-refractivity contribution in [2.45, 2.75) is 19.5 Å². The molecule has 1 amide bonds. The molecule has 0 atom stereocenters. The molecule has 0 bridgehead atoms. The number of benzene rings is 1. The summed E-state index contributed by atoms with van der Waals surface area (Å²) in [4.78, 5) is 22.7. The molecule has 0 radical (unpaired) electrons. The van der Waals surface area contributed by atoms with Crippen LogP contribution in [-0.4, -0.2) is 36.5 Å². The molecule has 3 aromatic rings. The highest BCUT2D eigenvalue weighted by atomic mass is 19.1. The van der Waals surface area contributed by atoms with Crippen LogP contribution >= 0.6 is 0 Å². The van der Waals surface area contributed by atoms with Crippen molar-refractivity contribution >= 4 is 17.6 Å². The minimum absolute atomic E-state index is 0.0696. The Hall–Kier alpha value is -3.49. The highest BCUT2D eigenvalue weighted by Gasteiger charge is 2.09. The molecule has 2 N–H and O–H groups in total. The van der Waals surface area contributed by atoms with E-state index in [1.54, 1.807) is 24.4 Å². The van der Waals surface area contributed by atoms with Crippen LogP contribution < -0.4 is 5.32 Å². The molecule has 3 rings (SSSR count). The second kappa shape index (κ2) is 7.60. The van der Waals surface area contributed by atoms with Crippen LogP contribution in [-0.2, 0) is 17.9 Å². The Morgan fingerprint density at radius 2 is 2.00 bits per heavy atom. The largest absolute Gasteiger partial charge is 0.476 e. The van der Waals surface area contributed by atoms with Crippen molar-refractivity contribution in [1.82, 2.24) is 19.6 Å². The molecule has 2 heterocycles. The van der Waals surface area contributed by atoms with E-state index < -0.39 is 5.97 Å². The van der Waals surface area contributed by atoms with Gasteiger partial charge >= 0.3 is 5.97 Å². The lowest BCUT2D eigenvalue weighted by Crippen LogP contribution is -2.14. The van der Waals surface area contributed by atoms with Gasteiger partial charge in [0.15, 0.2) is 5.69 Å². The number of carboxylic acids is 1. The Bertz CT molecular complexity index is 934. The number of halogens is 1. The lowest BCUT2D eigenvalue weighted by atomic mass is 10.2. The van der Waals surface area contributed by atoms with Crippen molar-refractivity contribution < 1.29 is 19.1 Å². The number of nitrogens with one attached hydrogen (secondary N) is 1. The fourth-order valence-electron chi connectivity index (χ4n) is 2.36. The van der Waals surface area contributed by atoms with Crippen LogP contribution in [0.1, 0.15) is 22.5 Å². The summed E-state index contributed by atoms with van der Waals surface area (Å²) in [6, 6.07) is 7.78. The number of carbonyl (C=O) groups excluding carboxylic acids is 1. The van der Waals surface area contributed by atoms with Gasteiger partial charge < -0.3 is 10.4 Å². The fourth-order valence-corrected chi connectivity index (χ4v) is 2.36. The first-order valence-corrected chi connectivity index (χ1v) is 7.84. The number of hydrogen-bond donors (Lipinski definition) is 2. The maximum absolute atomic E-state index is 13.6. The summed E-state index contributed by atoms with van der Waals surface area (Å²) in [5.41, 5.74) is 0.930. The summed E-state index contributed by atoms with van der Waals surface area (Å²) in [7, 11) is 0. The van der Waals surface area contributed by atoms with Gasteiger partial charge in [0.2, 0.25) is 5.91 Å². The first-order chi connectivity index (χ1) is 12.5. The van der Waals surface area contributed by atoms with Gasteiger partial charge in [-0.15, -0.1) is 0 Å². The van der Waals surface area contributed by atoms with Crippen LogP contribution in [0.2, 0.25) is 0 Å². The standard InChI is InChI=1S/C17H16FN5O3/c18-14-4-2-1-3-12(14)10-23-11-13(9-19-23)20-16(24)6-8-22-7-5-15(21-22)17(25)26/h1-5,7,9,11H,6,8,10H2,(H,20,24)(H,25,26). The summed E-state index contributed by atoms with van der Waals surface area (Å²) in [5.74, 6) is -1.69. The van der Waals surface area contributed by atoms with Gasteiger partial charge in [-0.05, 0) is 12.1 Å². The van der Waals surface area contributed by atoms with Gasteiger partial charge in [0.1, 0.15) is 5.82 Å². The van der Waals surface area contributed by atoms with E-state index in [1.807, 2.05) is 0 Å². The number of hydrogen-bond acceptors (Lipinski definition) is 4. The molecule has 0 saturated carbocycles. The third kappa shape index (κ3) is 4.32. The van der Waals surface area contributed by atoms with Crippen molar-refractivity contribution in [2.24, 2.45) is 0 Å². The van der Waals surface area contributed by atoms with E-state index in [2.05, 4.69) is 15.5 Å². The minimum Gasteiger partial charge on any atom is -0.476 e. The average Bonchev–Trinajstić information content (AvgIpc) is 3.25. The maximum Gasteiger partial charge on any atom is 0.356 e. The Balaban J connectivity index is 1.52. The van der Waals surface area contributed by atoms with E-state index >= 15 is 0 Å². The molecule has 0 aliphatic heterocycles. The van der Waals surface area contributed by atoms with Crippen LogP contribution in [0.3, 0.4) is 0 Å². The fraction of sp³-hybridized carbons (Fsp3) is 0.176. The predicted octanol–water partition coefficient (Wildman–Crippen LogP) is 1.99. The van der Waals surface area contributed by atoms with Gasteiger partial charge in [-0.2, -0.15) is 10.2 Å². The highest BCUT2D eigenvalue weighted by Crippen LogP contribution is 2.11. The van der Waals surface area contributed by atoms with Crippen molar-refractivity contribution in [1.29, 1.82) is 0 Å². The monoisotopic (exact) mass is 357 g/mol. The van der Waals surface area contributed by atoms with E-state index in [0.29, 0.717) is 11.3 Å². The van der Waals surface area contributed by atoms with E-state index in [0.717, 1.165) is 0 Å². The Morgan fingerprint density at radius 1 is 1.19 bits per heavy atom. The van der Waals surface area contributed by atoms with Gasteiger partial charge in [-0.25, -0.2) is 9.18 Å². The summed E-state index contributed by atoms with van der Waals surface area (Å²) in [6.07, 6.45) is 4.72. The van der Waals surface area contributed by atoms with E-state index in [1.165, 1.54) is 33.9 Å². The number of aryl methyl sites for hydroxylation is 1. The molecule has 8 nitrogen and oxygen atoms in total. The summed E-state index contributed by atoms with van der Waals surface area (Å²) >= 11 is 0. The van der Waals surface area contributed by atoms with Gasteiger partial charge in [0, 0.05) is 30.9 Å². The molecule has 0 aliphatic rings. The maximum atomic E-state index is 13.6. The third-order valence-corrected chi connectivity index (χ3v) is 3.63. The topological polar surface area (TPSA) is 102 Å². The van der Waals surface area contributed by atoms with E-state index in [-0.39, 0.29) is 36.9 Å². The molecular formula is C17H16FN5O3. The number of amides is 1. The Kier molecular flexibility index (Phi) is 5.07. The molecule has 9 heteroatoms. The zero-order valence-corrected chi connectivity index (χ0v) is 13.7. The summed E-state index contributed by atoms with van der Waals surface area (Å²) in [6.45, 7) is 0.510. The van der Waals surface area contributed by atoms with Gasteiger partial charge in [-0.1, -0.05) is 18.2 Å². The molecule has 1 aromatic carbocycles. The smallest absolute Gasteiger partial charge is 0.356 e. The van der Waals surface area contributed by atoms with Crippen LogP contribution in [0.4, 0.5) is 10.1 Å². The molecule has 0 saturated heterocycles. The van der Waals surface area contributed by atoms with E-state index in [9.17, 15) is 14.0 Å². The highest BCUT2D eigenvalue weighted by molar-refractivity contribution is 5.90. The number of rotatable bonds is 7. The lowest BCUT2D eigenvalue weighted by Gasteiger charge is -2.04. The molecule has 0 unspecified atom stereocenters. The van der Waals surface area contributed by atoms with Crippen molar-refractivity contribution in [3.63, 3.8) is 0 Å². The zero-order valence-electron chi connectivity index (χ0n) is 13.7. The van der Waals surface area contributed by atoms with Crippen LogP contribution in [0.25, 0.3) is 0 Å². The van der Waals surface area contributed by atoms with Crippen molar-refractivity contribution in [3.8, 4) is 0 Å². The molecule has 0 fully saturated rings. The van der Waals surface area contributed by atoms with Gasteiger partial charge in [0.05, 0.1) is 18.4 Å². The number of aromatic nitrogens is 4. The first-order valence-electron chi connectivity index (χ1n) is 7.84. The number of carbonyl (C=O) groups is 2. The molecular weight excluding hydrogens is 341 g/mol. The molecule has 0 spiro atoms.